The van der Waals surface area contributed by atoms with Crippen LogP contribution in [0, 0.1) is 30.0 Å². The molecular formula is C18H21La. The first-order valence-electron chi connectivity index (χ1n) is 7.27. The zero-order valence-corrected chi connectivity index (χ0v) is 15.8. The molecule has 0 saturated carbocycles. The van der Waals surface area contributed by atoms with Crippen molar-refractivity contribution < 1.29 is 30.0 Å². The Morgan fingerprint density at radius 3 is 1.16 bits per heavy atom. The molecule has 0 radical (unpaired) electrons. The molecule has 0 aliphatic heterocycles. The average Bonchev–Trinajstić information content (AvgIpc) is 3.07. The molecule has 0 bridgehead atoms. The molecule has 96 valence electrons. The molecule has 3 aliphatic carbocycles. The normalized spacial score (nSPS) is 21.6. The van der Waals surface area contributed by atoms with Crippen molar-refractivity contribution in [3.63, 3.8) is 0 Å². The molecule has 0 saturated heterocycles. The van der Waals surface area contributed by atoms with Gasteiger partial charge in [-0.3, -0.25) is 0 Å². The third-order valence-corrected chi connectivity index (χ3v) is 17.8. The third-order valence-electron chi connectivity index (χ3n) is 4.68. The molecule has 0 amide bonds. The Labute approximate surface area is 128 Å². The predicted molar refractivity (Wildman–Crippen MR) is 79.4 cm³/mol. The molecule has 0 aromatic rings. The summed E-state index contributed by atoms with van der Waals surface area (Å²) in [6.45, 7) is 6.97. The minimum atomic E-state index is -2.11. The Kier molecular flexibility index (Phi) is 3.98. The Morgan fingerprint density at radius 1 is 0.632 bits per heavy atom. The quantitative estimate of drug-likeness (QED) is 0.626. The maximum absolute atomic E-state index is 2.37. The molecule has 0 aromatic carbocycles. The average molecular weight is 376 g/mol. The first-order valence-corrected chi connectivity index (χ1v) is 12.7. The van der Waals surface area contributed by atoms with Crippen LogP contribution in [0.1, 0.15) is 40.0 Å². The van der Waals surface area contributed by atoms with Crippen molar-refractivity contribution in [3.8, 4) is 0 Å². The van der Waals surface area contributed by atoms with Crippen molar-refractivity contribution in [2.24, 2.45) is 0 Å². The number of hydrogen-bond acceptors (Lipinski definition) is 0. The fourth-order valence-electron chi connectivity index (χ4n) is 3.56. The van der Waals surface area contributed by atoms with E-state index in [2.05, 4.69) is 57.2 Å². The summed E-state index contributed by atoms with van der Waals surface area (Å²) in [6, 6.07) is 0. The summed E-state index contributed by atoms with van der Waals surface area (Å²) >= 11 is -2.11. The summed E-state index contributed by atoms with van der Waals surface area (Å²) < 4.78 is 5.53. The van der Waals surface area contributed by atoms with Crippen molar-refractivity contribution in [1.29, 1.82) is 0 Å². The first kappa shape index (κ1) is 13.6. The van der Waals surface area contributed by atoms with Gasteiger partial charge in [0.05, 0.1) is 0 Å². The predicted octanol–water partition coefficient (Wildman–Crippen LogP) is 5.31. The fraction of sp³-hybridized carbons (Fsp3) is 0.333. The van der Waals surface area contributed by atoms with Crippen LogP contribution in [0.3, 0.4) is 0 Å². The summed E-state index contributed by atoms with van der Waals surface area (Å²) in [6.07, 6.45) is 17.8. The van der Waals surface area contributed by atoms with Gasteiger partial charge in [0.15, 0.2) is 0 Å². The molecule has 0 nitrogen and oxygen atoms in total. The van der Waals surface area contributed by atoms with E-state index in [0.29, 0.717) is 0 Å². The summed E-state index contributed by atoms with van der Waals surface area (Å²) in [7, 11) is 0. The number of allylic oxidation sites excluding steroid dienone is 12. The van der Waals surface area contributed by atoms with Gasteiger partial charge in [-0.05, 0) is 0 Å². The van der Waals surface area contributed by atoms with E-state index in [1.54, 1.807) is 16.7 Å². The van der Waals surface area contributed by atoms with Gasteiger partial charge in [0, 0.05) is 0 Å². The van der Waals surface area contributed by atoms with E-state index in [0.717, 1.165) is 0 Å². The number of hydrogen-bond donors (Lipinski definition) is 0. The second kappa shape index (κ2) is 5.56. The van der Waals surface area contributed by atoms with Crippen LogP contribution in [-0.2, 0) is 0 Å². The maximum atomic E-state index is 2.37. The van der Waals surface area contributed by atoms with Gasteiger partial charge >= 0.3 is 129 Å². The van der Waals surface area contributed by atoms with E-state index in [9.17, 15) is 0 Å². The molecule has 1 heteroatoms. The monoisotopic (exact) mass is 376 g/mol. The van der Waals surface area contributed by atoms with Gasteiger partial charge in [0.2, 0.25) is 0 Å². The van der Waals surface area contributed by atoms with Crippen LogP contribution < -0.4 is 0 Å². The van der Waals surface area contributed by atoms with E-state index in [-0.39, 0.29) is 0 Å². The molecule has 0 spiro atoms. The van der Waals surface area contributed by atoms with Gasteiger partial charge in [0.25, 0.3) is 0 Å². The summed E-state index contributed by atoms with van der Waals surface area (Å²) in [5, 5.41) is 0. The zero-order valence-electron chi connectivity index (χ0n) is 12.2. The van der Waals surface area contributed by atoms with Crippen LogP contribution in [0.4, 0.5) is 0 Å². The molecule has 19 heavy (non-hydrogen) atoms. The van der Waals surface area contributed by atoms with E-state index in [1.807, 2.05) is 5.93 Å². The SMILES string of the molecule is CC1=[C]([La]([C]2=C(C)C=CC2)[C]2=C(C)C=CC2)CC=C1. The fourth-order valence-corrected chi connectivity index (χ4v) is 16.2. The van der Waals surface area contributed by atoms with Crippen molar-refractivity contribution >= 4 is 0 Å². The summed E-state index contributed by atoms with van der Waals surface area (Å²) in [5.74, 6) is 0. The van der Waals surface area contributed by atoms with Gasteiger partial charge in [-0.1, -0.05) is 0 Å². The third kappa shape index (κ3) is 2.49. The molecular weight excluding hydrogens is 355 g/mol. The molecule has 0 aromatic heterocycles. The van der Waals surface area contributed by atoms with Crippen molar-refractivity contribution in [2.75, 3.05) is 0 Å². The summed E-state index contributed by atoms with van der Waals surface area (Å²) in [4.78, 5) is 0. The first-order chi connectivity index (χ1) is 9.18. The molecule has 3 rings (SSSR count). The topological polar surface area (TPSA) is 0 Å². The van der Waals surface area contributed by atoms with Gasteiger partial charge in [-0.15, -0.1) is 0 Å². The number of rotatable bonds is 3. The Hall–Kier alpha value is -0.365. The second-order valence-electron chi connectivity index (χ2n) is 5.88. The van der Waals surface area contributed by atoms with Crippen LogP contribution in [0.15, 0.2) is 59.1 Å². The van der Waals surface area contributed by atoms with Crippen LogP contribution in [0.2, 0.25) is 0 Å². The van der Waals surface area contributed by atoms with Gasteiger partial charge in [-0.2, -0.15) is 0 Å². The molecule has 0 atom stereocenters. The minimum absolute atomic E-state index is 1.23. The molecule has 0 fully saturated rings. The van der Waals surface area contributed by atoms with Crippen molar-refractivity contribution in [1.82, 2.24) is 0 Å². The van der Waals surface area contributed by atoms with Gasteiger partial charge in [0.1, 0.15) is 0 Å². The standard InChI is InChI=1S/3C6H7.La/c3*1-6-4-2-3-5-6;/h3*2,4H,3H2,1H3;. The van der Waals surface area contributed by atoms with Crippen LogP contribution in [0.5, 0.6) is 0 Å². The van der Waals surface area contributed by atoms with Crippen molar-refractivity contribution in [2.45, 2.75) is 40.0 Å². The van der Waals surface area contributed by atoms with Crippen LogP contribution >= 0.6 is 0 Å². The van der Waals surface area contributed by atoms with E-state index < -0.39 is 30.0 Å². The van der Waals surface area contributed by atoms with Crippen LogP contribution in [0.25, 0.3) is 0 Å². The molecule has 0 heterocycles. The van der Waals surface area contributed by atoms with E-state index in [4.69, 9.17) is 0 Å². The molecule has 0 N–H and O–H groups in total. The zero-order chi connectivity index (χ0) is 13.4. The molecule has 3 aliphatic rings. The Balaban J connectivity index is 2.06. The summed E-state index contributed by atoms with van der Waals surface area (Å²) in [5.41, 5.74) is 4.73. The molecule has 0 unspecified atom stereocenters. The van der Waals surface area contributed by atoms with Crippen molar-refractivity contribution in [3.05, 3.63) is 59.1 Å². The van der Waals surface area contributed by atoms with E-state index in [1.165, 1.54) is 19.3 Å². The second-order valence-corrected chi connectivity index (χ2v) is 15.2. The Morgan fingerprint density at radius 2 is 0.947 bits per heavy atom. The van der Waals surface area contributed by atoms with E-state index >= 15 is 0 Å². The van der Waals surface area contributed by atoms with Gasteiger partial charge in [-0.25, -0.2) is 0 Å². The van der Waals surface area contributed by atoms with Crippen LogP contribution in [-0.4, -0.2) is 0 Å². The van der Waals surface area contributed by atoms with Gasteiger partial charge < -0.3 is 0 Å². The Bertz CT molecular complexity index is 506.